The molecular weight excluding hydrogens is 254 g/mol. The van der Waals surface area contributed by atoms with Gasteiger partial charge in [-0.15, -0.1) is 0 Å². The molecule has 0 spiro atoms. The van der Waals surface area contributed by atoms with Gasteiger partial charge in [0, 0.05) is 30.0 Å². The number of hydrogen-bond donors (Lipinski definition) is 2. The highest BCUT2D eigenvalue weighted by molar-refractivity contribution is 6.00. The van der Waals surface area contributed by atoms with E-state index in [1.54, 1.807) is 23.1 Å². The summed E-state index contributed by atoms with van der Waals surface area (Å²) in [5.74, 6) is -0.0509. The monoisotopic (exact) mass is 277 g/mol. The van der Waals surface area contributed by atoms with Crippen molar-refractivity contribution < 1.29 is 9.59 Å². The first-order valence-corrected chi connectivity index (χ1v) is 6.86. The molecule has 1 unspecified atom stereocenters. The Morgan fingerprint density at radius 3 is 2.40 bits per heavy atom. The second kappa shape index (κ2) is 6.93. The zero-order valence-corrected chi connectivity index (χ0v) is 12.6. The highest BCUT2D eigenvalue weighted by Gasteiger charge is 2.18. The maximum Gasteiger partial charge on any atom is 0.244 e. The molecule has 1 amide bonds. The molecule has 1 atom stereocenters. The maximum atomic E-state index is 12.2. The smallest absolute Gasteiger partial charge is 0.244 e. The SMILES string of the molecule is CCN(CC)C(=O)C(C)Nc1ccc(N)c(C(C)=O)c1. The predicted octanol–water partition coefficient (Wildman–Crippen LogP) is 2.14. The first kappa shape index (κ1) is 16.0. The van der Waals surface area contributed by atoms with Gasteiger partial charge in [0.25, 0.3) is 0 Å². The topological polar surface area (TPSA) is 75.4 Å². The second-order valence-electron chi connectivity index (χ2n) is 4.73. The van der Waals surface area contributed by atoms with E-state index in [0.29, 0.717) is 24.3 Å². The summed E-state index contributed by atoms with van der Waals surface area (Å²) >= 11 is 0. The number of benzene rings is 1. The number of nitrogens with one attached hydrogen (secondary N) is 1. The lowest BCUT2D eigenvalue weighted by atomic mass is 10.1. The highest BCUT2D eigenvalue weighted by Crippen LogP contribution is 2.19. The van der Waals surface area contributed by atoms with Crippen molar-refractivity contribution in [2.75, 3.05) is 24.1 Å². The van der Waals surface area contributed by atoms with Crippen LogP contribution in [0, 0.1) is 0 Å². The fourth-order valence-electron chi connectivity index (χ4n) is 2.07. The van der Waals surface area contributed by atoms with Gasteiger partial charge in [-0.3, -0.25) is 9.59 Å². The van der Waals surface area contributed by atoms with Crippen LogP contribution in [0.4, 0.5) is 11.4 Å². The fraction of sp³-hybridized carbons (Fsp3) is 0.467. The molecular formula is C15H23N3O2. The van der Waals surface area contributed by atoms with Crippen LogP contribution in [-0.4, -0.2) is 35.7 Å². The summed E-state index contributed by atoms with van der Waals surface area (Å²) in [6, 6.07) is 4.78. The Hall–Kier alpha value is -2.04. The number of anilines is 2. The van der Waals surface area contributed by atoms with Gasteiger partial charge in [0.15, 0.2) is 5.78 Å². The average molecular weight is 277 g/mol. The zero-order chi connectivity index (χ0) is 15.3. The molecule has 1 aromatic rings. The average Bonchev–Trinajstić information content (AvgIpc) is 2.41. The molecule has 1 aromatic carbocycles. The van der Waals surface area contributed by atoms with Gasteiger partial charge >= 0.3 is 0 Å². The van der Waals surface area contributed by atoms with Crippen LogP contribution in [0.15, 0.2) is 18.2 Å². The number of carbonyl (C=O) groups excluding carboxylic acids is 2. The van der Waals surface area contributed by atoms with Gasteiger partial charge in [-0.05, 0) is 45.9 Å². The van der Waals surface area contributed by atoms with Gasteiger partial charge in [-0.1, -0.05) is 0 Å². The van der Waals surface area contributed by atoms with Crippen molar-refractivity contribution in [3.8, 4) is 0 Å². The van der Waals surface area contributed by atoms with Crippen molar-refractivity contribution in [2.45, 2.75) is 33.7 Å². The summed E-state index contributed by atoms with van der Waals surface area (Å²) in [6.45, 7) is 8.55. The van der Waals surface area contributed by atoms with Crippen LogP contribution in [0.25, 0.3) is 0 Å². The molecule has 110 valence electrons. The van der Waals surface area contributed by atoms with Crippen molar-refractivity contribution in [1.29, 1.82) is 0 Å². The number of ketones is 1. The van der Waals surface area contributed by atoms with Gasteiger partial charge in [-0.25, -0.2) is 0 Å². The van der Waals surface area contributed by atoms with Gasteiger partial charge in [0.05, 0.1) is 0 Å². The normalized spacial score (nSPS) is 11.8. The van der Waals surface area contributed by atoms with E-state index < -0.39 is 0 Å². The first-order valence-electron chi connectivity index (χ1n) is 6.86. The maximum absolute atomic E-state index is 12.2. The Morgan fingerprint density at radius 2 is 1.90 bits per heavy atom. The van der Waals surface area contributed by atoms with Crippen LogP contribution in [0.2, 0.25) is 0 Å². The molecule has 0 saturated carbocycles. The van der Waals surface area contributed by atoms with Crippen LogP contribution in [-0.2, 0) is 4.79 Å². The van der Waals surface area contributed by atoms with E-state index in [9.17, 15) is 9.59 Å². The van der Waals surface area contributed by atoms with E-state index in [0.717, 1.165) is 5.69 Å². The molecule has 0 aromatic heterocycles. The van der Waals surface area contributed by atoms with Crippen molar-refractivity contribution >= 4 is 23.1 Å². The summed E-state index contributed by atoms with van der Waals surface area (Å²) in [5.41, 5.74) is 7.39. The number of nitrogens with zero attached hydrogens (tertiary/aromatic N) is 1. The van der Waals surface area contributed by atoms with E-state index in [1.807, 2.05) is 20.8 Å². The predicted molar refractivity (Wildman–Crippen MR) is 81.9 cm³/mol. The third-order valence-electron chi connectivity index (χ3n) is 3.26. The number of carbonyl (C=O) groups is 2. The molecule has 3 N–H and O–H groups in total. The summed E-state index contributed by atoms with van der Waals surface area (Å²) < 4.78 is 0. The number of rotatable bonds is 6. The number of likely N-dealkylation sites (N-methyl/N-ethyl adjacent to an activating group) is 1. The first-order chi connectivity index (χ1) is 9.40. The quantitative estimate of drug-likeness (QED) is 0.617. The summed E-state index contributed by atoms with van der Waals surface area (Å²) in [4.78, 5) is 25.4. The van der Waals surface area contributed by atoms with Gasteiger partial charge in [-0.2, -0.15) is 0 Å². The molecule has 20 heavy (non-hydrogen) atoms. The van der Waals surface area contributed by atoms with Crippen molar-refractivity contribution in [3.05, 3.63) is 23.8 Å². The molecule has 0 fully saturated rings. The van der Waals surface area contributed by atoms with Crippen molar-refractivity contribution in [2.24, 2.45) is 0 Å². The minimum absolute atomic E-state index is 0.0381. The van der Waals surface area contributed by atoms with Gasteiger partial charge in [0.1, 0.15) is 6.04 Å². The molecule has 0 aliphatic rings. The van der Waals surface area contributed by atoms with Crippen LogP contribution >= 0.6 is 0 Å². The number of amides is 1. The van der Waals surface area contributed by atoms with Crippen LogP contribution < -0.4 is 11.1 Å². The highest BCUT2D eigenvalue weighted by atomic mass is 16.2. The minimum atomic E-state index is -0.349. The fourth-order valence-corrected chi connectivity index (χ4v) is 2.07. The number of Topliss-reactive ketones (excluding diaryl/α,β-unsaturated/α-hetero) is 1. The van der Waals surface area contributed by atoms with E-state index in [-0.39, 0.29) is 17.7 Å². The standard InChI is InChI=1S/C15H23N3O2/c1-5-18(6-2)15(20)10(3)17-12-7-8-14(16)13(9-12)11(4)19/h7-10,17H,5-6,16H2,1-4H3. The summed E-state index contributed by atoms with van der Waals surface area (Å²) in [5, 5.41) is 3.11. The largest absolute Gasteiger partial charge is 0.398 e. The Kier molecular flexibility index (Phi) is 5.55. The van der Waals surface area contributed by atoms with Crippen LogP contribution in [0.3, 0.4) is 0 Å². The zero-order valence-electron chi connectivity index (χ0n) is 12.6. The molecule has 0 aliphatic heterocycles. The third kappa shape index (κ3) is 3.73. The van der Waals surface area contributed by atoms with Crippen LogP contribution in [0.1, 0.15) is 38.1 Å². The molecule has 0 radical (unpaired) electrons. The van der Waals surface area contributed by atoms with Crippen LogP contribution in [0.5, 0.6) is 0 Å². The van der Waals surface area contributed by atoms with Crippen molar-refractivity contribution in [3.63, 3.8) is 0 Å². The Balaban J connectivity index is 2.85. The Labute approximate surface area is 120 Å². The van der Waals surface area contributed by atoms with Gasteiger partial charge in [0.2, 0.25) is 5.91 Å². The van der Waals surface area contributed by atoms with E-state index in [1.165, 1.54) is 6.92 Å². The lowest BCUT2D eigenvalue weighted by Crippen LogP contribution is -2.41. The molecule has 0 saturated heterocycles. The lowest BCUT2D eigenvalue weighted by molar-refractivity contribution is -0.131. The van der Waals surface area contributed by atoms with Gasteiger partial charge < -0.3 is 16.0 Å². The molecule has 0 aliphatic carbocycles. The number of nitrogens with two attached hydrogens (primary N) is 1. The van der Waals surface area contributed by atoms with Crippen molar-refractivity contribution in [1.82, 2.24) is 4.90 Å². The second-order valence-corrected chi connectivity index (χ2v) is 4.73. The molecule has 1 rings (SSSR count). The Bertz CT molecular complexity index is 496. The Morgan fingerprint density at radius 1 is 1.30 bits per heavy atom. The minimum Gasteiger partial charge on any atom is -0.398 e. The molecule has 0 heterocycles. The number of nitrogen functional groups attached to an aromatic ring is 1. The summed E-state index contributed by atoms with van der Waals surface area (Å²) in [7, 11) is 0. The molecule has 0 bridgehead atoms. The third-order valence-corrected chi connectivity index (χ3v) is 3.26. The van der Waals surface area contributed by atoms with E-state index in [4.69, 9.17) is 5.73 Å². The lowest BCUT2D eigenvalue weighted by Gasteiger charge is -2.24. The van der Waals surface area contributed by atoms with E-state index >= 15 is 0 Å². The number of hydrogen-bond acceptors (Lipinski definition) is 4. The summed E-state index contributed by atoms with van der Waals surface area (Å²) in [6.07, 6.45) is 0. The van der Waals surface area contributed by atoms with E-state index in [2.05, 4.69) is 5.32 Å². The molecule has 5 heteroatoms. The molecule has 5 nitrogen and oxygen atoms in total.